The van der Waals surface area contributed by atoms with E-state index in [9.17, 15) is 14.9 Å². The van der Waals surface area contributed by atoms with Crippen molar-refractivity contribution in [2.45, 2.75) is 57.8 Å². The first-order valence-electron chi connectivity index (χ1n) is 11.7. The van der Waals surface area contributed by atoms with E-state index in [1.807, 2.05) is 27.7 Å². The molecular formula is C28H28ClN3O4. The number of nitriles is 1. The maximum absolute atomic E-state index is 13.0. The third kappa shape index (κ3) is 5.78. The Morgan fingerprint density at radius 1 is 1.11 bits per heavy atom. The number of H-pyrrole nitrogens is 1. The number of rotatable bonds is 5. The van der Waals surface area contributed by atoms with Gasteiger partial charge in [-0.3, -0.25) is 9.59 Å². The summed E-state index contributed by atoms with van der Waals surface area (Å²) in [6.45, 7) is 8.10. The SMILES string of the molecule is CC1(C)CC(NC(=O)c2ccc(Oc3cccc(-c4ccc(=O)[nH]c4)c3C#N)c(Cl)c2)CC(C)(C)O1. The van der Waals surface area contributed by atoms with Gasteiger partial charge in [0.05, 0.1) is 16.2 Å². The van der Waals surface area contributed by atoms with Crippen LogP contribution >= 0.6 is 11.6 Å². The van der Waals surface area contributed by atoms with Crippen LogP contribution in [-0.4, -0.2) is 28.1 Å². The Morgan fingerprint density at radius 3 is 2.44 bits per heavy atom. The van der Waals surface area contributed by atoms with Crippen molar-refractivity contribution in [3.8, 4) is 28.7 Å². The summed E-state index contributed by atoms with van der Waals surface area (Å²) in [5.74, 6) is 0.406. The second-order valence-corrected chi connectivity index (χ2v) is 10.6. The average molecular weight is 506 g/mol. The van der Waals surface area contributed by atoms with Crippen LogP contribution in [0, 0.1) is 11.3 Å². The van der Waals surface area contributed by atoms with Crippen molar-refractivity contribution >= 4 is 17.5 Å². The zero-order valence-corrected chi connectivity index (χ0v) is 21.4. The van der Waals surface area contributed by atoms with Gasteiger partial charge in [0.2, 0.25) is 5.56 Å². The van der Waals surface area contributed by atoms with Crippen LogP contribution in [0.3, 0.4) is 0 Å². The van der Waals surface area contributed by atoms with E-state index < -0.39 is 0 Å². The minimum atomic E-state index is -0.336. The number of hydrogen-bond acceptors (Lipinski definition) is 5. The van der Waals surface area contributed by atoms with Gasteiger partial charge in [0.25, 0.3) is 5.91 Å². The number of hydrogen-bond donors (Lipinski definition) is 2. The molecule has 0 radical (unpaired) electrons. The minimum Gasteiger partial charge on any atom is -0.454 e. The quantitative estimate of drug-likeness (QED) is 0.454. The molecule has 8 heteroatoms. The van der Waals surface area contributed by atoms with Crippen LogP contribution in [0.4, 0.5) is 0 Å². The van der Waals surface area contributed by atoms with Crippen molar-refractivity contribution in [2.24, 2.45) is 0 Å². The number of halogens is 1. The number of nitrogens with one attached hydrogen (secondary N) is 2. The van der Waals surface area contributed by atoms with Crippen LogP contribution in [0.25, 0.3) is 11.1 Å². The molecule has 0 spiro atoms. The molecule has 36 heavy (non-hydrogen) atoms. The number of pyridine rings is 1. The molecule has 1 amide bonds. The van der Waals surface area contributed by atoms with E-state index in [-0.39, 0.29) is 33.7 Å². The molecule has 0 saturated carbocycles. The number of carbonyl (C=O) groups is 1. The number of carbonyl (C=O) groups excluding carboxylic acids is 1. The summed E-state index contributed by atoms with van der Waals surface area (Å²) in [6, 6.07) is 15.2. The van der Waals surface area contributed by atoms with Gasteiger partial charge in [-0.2, -0.15) is 5.26 Å². The highest BCUT2D eigenvalue weighted by molar-refractivity contribution is 6.32. The highest BCUT2D eigenvalue weighted by Crippen LogP contribution is 2.37. The Bertz CT molecular complexity index is 1370. The highest BCUT2D eigenvalue weighted by atomic mass is 35.5. The lowest BCUT2D eigenvalue weighted by molar-refractivity contribution is -0.162. The van der Waals surface area contributed by atoms with Crippen molar-refractivity contribution < 1.29 is 14.3 Å². The second-order valence-electron chi connectivity index (χ2n) is 10.2. The summed E-state index contributed by atoms with van der Waals surface area (Å²) in [4.78, 5) is 27.0. The van der Waals surface area contributed by atoms with E-state index >= 15 is 0 Å². The molecule has 2 aromatic carbocycles. The first-order valence-corrected chi connectivity index (χ1v) is 12.0. The van der Waals surface area contributed by atoms with Gasteiger partial charge in [0.1, 0.15) is 23.1 Å². The Labute approximate surface area is 215 Å². The van der Waals surface area contributed by atoms with E-state index in [0.717, 1.165) is 0 Å². The molecule has 1 aromatic heterocycles. The normalized spacial score (nSPS) is 16.7. The van der Waals surface area contributed by atoms with Crippen molar-refractivity contribution in [3.05, 3.63) is 81.2 Å². The van der Waals surface area contributed by atoms with Gasteiger partial charge in [-0.15, -0.1) is 0 Å². The topological polar surface area (TPSA) is 104 Å². The number of aromatic nitrogens is 1. The van der Waals surface area contributed by atoms with Gasteiger partial charge >= 0.3 is 0 Å². The number of ether oxygens (including phenoxy) is 2. The summed E-state index contributed by atoms with van der Waals surface area (Å²) in [7, 11) is 0. The molecule has 3 aromatic rings. The Hall–Kier alpha value is -3.60. The molecule has 2 heterocycles. The Balaban J connectivity index is 1.53. The van der Waals surface area contributed by atoms with E-state index in [1.54, 1.807) is 48.7 Å². The van der Waals surface area contributed by atoms with Gasteiger partial charge in [-0.05, 0) is 76.4 Å². The molecule has 1 saturated heterocycles. The van der Waals surface area contributed by atoms with Crippen LogP contribution in [0.1, 0.15) is 56.5 Å². The van der Waals surface area contributed by atoms with E-state index in [1.165, 1.54) is 6.07 Å². The maximum Gasteiger partial charge on any atom is 0.251 e. The number of nitrogens with zero attached hydrogens (tertiary/aromatic N) is 1. The molecular weight excluding hydrogens is 478 g/mol. The molecule has 2 N–H and O–H groups in total. The zero-order valence-electron chi connectivity index (χ0n) is 20.6. The van der Waals surface area contributed by atoms with Crippen molar-refractivity contribution in [3.63, 3.8) is 0 Å². The smallest absolute Gasteiger partial charge is 0.251 e. The molecule has 0 atom stereocenters. The molecule has 1 fully saturated rings. The van der Waals surface area contributed by atoms with Crippen molar-refractivity contribution in [1.29, 1.82) is 5.26 Å². The van der Waals surface area contributed by atoms with Crippen LogP contribution in [0.5, 0.6) is 11.5 Å². The monoisotopic (exact) mass is 505 g/mol. The predicted octanol–water partition coefficient (Wildman–Crippen LogP) is 5.83. The van der Waals surface area contributed by atoms with Crippen LogP contribution < -0.4 is 15.6 Å². The first kappa shape index (κ1) is 25.5. The summed E-state index contributed by atoms with van der Waals surface area (Å²) in [5, 5.41) is 13.2. The third-order valence-corrected chi connectivity index (χ3v) is 6.31. The highest BCUT2D eigenvalue weighted by Gasteiger charge is 2.39. The summed E-state index contributed by atoms with van der Waals surface area (Å²) < 4.78 is 12.1. The van der Waals surface area contributed by atoms with Gasteiger partial charge in [0, 0.05) is 29.4 Å². The van der Waals surface area contributed by atoms with Crippen molar-refractivity contribution in [1.82, 2.24) is 10.3 Å². The Morgan fingerprint density at radius 2 is 1.83 bits per heavy atom. The molecule has 7 nitrogen and oxygen atoms in total. The zero-order chi connectivity index (χ0) is 26.1. The number of amides is 1. The molecule has 1 aliphatic heterocycles. The number of aromatic amines is 1. The molecule has 4 rings (SSSR count). The average Bonchev–Trinajstić information content (AvgIpc) is 2.78. The predicted molar refractivity (Wildman–Crippen MR) is 138 cm³/mol. The fourth-order valence-corrected chi connectivity index (χ4v) is 5.07. The largest absolute Gasteiger partial charge is 0.454 e. The summed E-state index contributed by atoms with van der Waals surface area (Å²) >= 11 is 6.48. The van der Waals surface area contributed by atoms with Crippen LogP contribution in [-0.2, 0) is 4.74 Å². The Kier molecular flexibility index (Phi) is 6.94. The van der Waals surface area contributed by atoms with Crippen LogP contribution in [0.15, 0.2) is 59.5 Å². The molecule has 1 aliphatic rings. The van der Waals surface area contributed by atoms with Crippen LogP contribution in [0.2, 0.25) is 5.02 Å². The lowest BCUT2D eigenvalue weighted by atomic mass is 9.85. The lowest BCUT2D eigenvalue weighted by Gasteiger charge is -2.45. The number of benzene rings is 2. The molecule has 0 aliphatic carbocycles. The van der Waals surface area contributed by atoms with E-state index in [4.69, 9.17) is 21.1 Å². The standard InChI is InChI=1S/C28H28ClN3O4/c1-27(2)13-19(14-28(3,4)36-27)32-26(34)17-8-10-24(22(29)12-17)35-23-7-5-6-20(21(23)15-30)18-9-11-25(33)31-16-18/h5-12,16,19H,13-14H2,1-4H3,(H,31,33)(H,32,34). The summed E-state index contributed by atoms with van der Waals surface area (Å²) in [6.07, 6.45) is 2.96. The maximum atomic E-state index is 13.0. The minimum absolute atomic E-state index is 0.0280. The van der Waals surface area contributed by atoms with Gasteiger partial charge in [0.15, 0.2) is 0 Å². The van der Waals surface area contributed by atoms with E-state index in [0.29, 0.717) is 46.6 Å². The van der Waals surface area contributed by atoms with E-state index in [2.05, 4.69) is 16.4 Å². The molecule has 0 bridgehead atoms. The third-order valence-electron chi connectivity index (χ3n) is 6.01. The van der Waals surface area contributed by atoms with Crippen molar-refractivity contribution in [2.75, 3.05) is 0 Å². The van der Waals surface area contributed by atoms with Gasteiger partial charge in [-0.25, -0.2) is 0 Å². The second kappa shape index (κ2) is 9.81. The fraction of sp³-hybridized carbons (Fsp3) is 0.321. The van der Waals surface area contributed by atoms with Gasteiger partial charge < -0.3 is 19.8 Å². The first-order chi connectivity index (χ1) is 17.0. The summed E-state index contributed by atoms with van der Waals surface area (Å²) in [5.41, 5.74) is 1.09. The van der Waals surface area contributed by atoms with Gasteiger partial charge in [-0.1, -0.05) is 23.7 Å². The lowest BCUT2D eigenvalue weighted by Crippen LogP contribution is -2.52. The molecule has 186 valence electrons. The fourth-order valence-electron chi connectivity index (χ4n) is 4.85. The molecule has 0 unspecified atom stereocenters.